The minimum absolute atomic E-state index is 0.0102. The van der Waals surface area contributed by atoms with E-state index in [0.29, 0.717) is 19.1 Å². The lowest BCUT2D eigenvalue weighted by molar-refractivity contribution is -0.862. The van der Waals surface area contributed by atoms with Crippen molar-refractivity contribution in [1.82, 2.24) is 10.6 Å². The van der Waals surface area contributed by atoms with Crippen LogP contribution in [0.4, 0.5) is 0 Å². The van der Waals surface area contributed by atoms with Crippen LogP contribution in [-0.2, 0) is 9.59 Å². The Labute approximate surface area is 138 Å². The number of carbonyl (C=O) groups is 2. The number of likely N-dealkylation sites (N-methyl/N-ethyl adjacent to an activating group) is 1. The Hall–Kier alpha value is -1.88. The molecule has 0 saturated heterocycles. The van der Waals surface area contributed by atoms with Gasteiger partial charge in [-0.05, 0) is 24.8 Å². The molecule has 1 fully saturated rings. The zero-order chi connectivity index (χ0) is 16.7. The average Bonchev–Trinajstić information content (AvgIpc) is 3.31. The molecule has 126 valence electrons. The molecular formula is C18H28N3O2+. The Balaban J connectivity index is 1.79. The fourth-order valence-corrected chi connectivity index (χ4v) is 2.66. The largest absolute Gasteiger partial charge is 0.348 e. The Kier molecular flexibility index (Phi) is 6.59. The van der Waals surface area contributed by atoms with Gasteiger partial charge in [0.2, 0.25) is 0 Å². The van der Waals surface area contributed by atoms with E-state index >= 15 is 0 Å². The fraction of sp³-hybridized carbons (Fsp3) is 0.556. The van der Waals surface area contributed by atoms with Crippen LogP contribution < -0.4 is 15.5 Å². The normalized spacial score (nSPS) is 16.4. The number of carbonyl (C=O) groups excluding carboxylic acids is 2. The molecule has 0 bridgehead atoms. The lowest BCUT2D eigenvalue weighted by Gasteiger charge is -2.20. The molecule has 0 radical (unpaired) electrons. The average molecular weight is 318 g/mol. The minimum Gasteiger partial charge on any atom is -0.348 e. The van der Waals surface area contributed by atoms with Crippen LogP contribution in [-0.4, -0.2) is 38.0 Å². The molecule has 0 heterocycles. The number of amides is 2. The van der Waals surface area contributed by atoms with E-state index in [4.69, 9.17) is 0 Å². The number of hydrogen-bond acceptors (Lipinski definition) is 2. The van der Waals surface area contributed by atoms with Crippen LogP contribution >= 0.6 is 0 Å². The first kappa shape index (κ1) is 17.5. The van der Waals surface area contributed by atoms with Crippen molar-refractivity contribution in [1.29, 1.82) is 0 Å². The molecule has 2 rings (SSSR count). The van der Waals surface area contributed by atoms with Crippen LogP contribution in [0.2, 0.25) is 0 Å². The summed E-state index contributed by atoms with van der Waals surface area (Å²) in [5.41, 5.74) is 1.13. The lowest BCUT2D eigenvalue weighted by atomic mass is 10.0. The van der Waals surface area contributed by atoms with Gasteiger partial charge in [-0.3, -0.25) is 9.59 Å². The predicted octanol–water partition coefficient (Wildman–Crippen LogP) is 0.437. The van der Waals surface area contributed by atoms with Crippen molar-refractivity contribution >= 4 is 11.8 Å². The number of rotatable bonds is 9. The molecule has 2 amide bonds. The summed E-state index contributed by atoms with van der Waals surface area (Å²) >= 11 is 0. The monoisotopic (exact) mass is 318 g/mol. The molecule has 0 aromatic heterocycles. The lowest BCUT2D eigenvalue weighted by Crippen LogP contribution is -3.11. The van der Waals surface area contributed by atoms with Crippen molar-refractivity contribution in [3.8, 4) is 0 Å². The highest BCUT2D eigenvalue weighted by Crippen LogP contribution is 2.18. The second kappa shape index (κ2) is 8.67. The zero-order valence-corrected chi connectivity index (χ0v) is 14.1. The van der Waals surface area contributed by atoms with Crippen molar-refractivity contribution < 1.29 is 14.5 Å². The molecular weight excluding hydrogens is 290 g/mol. The first-order valence-electron chi connectivity index (χ1n) is 8.53. The van der Waals surface area contributed by atoms with Gasteiger partial charge in [0.05, 0.1) is 13.1 Å². The van der Waals surface area contributed by atoms with Crippen LogP contribution in [0, 0.1) is 0 Å². The molecule has 5 heteroatoms. The second-order valence-corrected chi connectivity index (χ2v) is 6.47. The first-order chi connectivity index (χ1) is 11.1. The van der Waals surface area contributed by atoms with Gasteiger partial charge in [-0.2, -0.15) is 0 Å². The molecule has 2 atom stereocenters. The number of quaternary nitrogens is 1. The van der Waals surface area contributed by atoms with Gasteiger partial charge in [-0.1, -0.05) is 43.7 Å². The molecule has 1 aliphatic rings. The highest BCUT2D eigenvalue weighted by Gasteiger charge is 2.25. The van der Waals surface area contributed by atoms with Gasteiger partial charge in [0.1, 0.15) is 0 Å². The van der Waals surface area contributed by atoms with Crippen molar-refractivity contribution in [3.63, 3.8) is 0 Å². The second-order valence-electron chi connectivity index (χ2n) is 6.47. The van der Waals surface area contributed by atoms with Gasteiger partial charge in [0, 0.05) is 6.04 Å². The quantitative estimate of drug-likeness (QED) is 0.619. The van der Waals surface area contributed by atoms with E-state index in [9.17, 15) is 9.59 Å². The molecule has 3 N–H and O–H groups in total. The summed E-state index contributed by atoms with van der Waals surface area (Å²) in [6, 6.07) is 10.5. The summed E-state index contributed by atoms with van der Waals surface area (Å²) in [7, 11) is 1.88. The summed E-state index contributed by atoms with van der Waals surface area (Å²) < 4.78 is 0. The van der Waals surface area contributed by atoms with E-state index in [1.165, 1.54) is 0 Å². The Morgan fingerprint density at radius 3 is 2.43 bits per heavy atom. The Morgan fingerprint density at radius 2 is 1.83 bits per heavy atom. The Bertz CT molecular complexity index is 514. The smallest absolute Gasteiger partial charge is 0.275 e. The van der Waals surface area contributed by atoms with Crippen LogP contribution in [0.5, 0.6) is 0 Å². The van der Waals surface area contributed by atoms with Crippen LogP contribution in [0.3, 0.4) is 0 Å². The maximum atomic E-state index is 12.3. The molecule has 23 heavy (non-hydrogen) atoms. The maximum absolute atomic E-state index is 12.3. The molecule has 5 nitrogen and oxygen atoms in total. The van der Waals surface area contributed by atoms with Gasteiger partial charge in [0.15, 0.2) is 13.1 Å². The van der Waals surface area contributed by atoms with Crippen LogP contribution in [0.25, 0.3) is 0 Å². The van der Waals surface area contributed by atoms with Gasteiger partial charge in [-0.15, -0.1) is 0 Å². The standard InChI is InChI=1S/C18H27N3O2/c1-3-7-16(14-8-5-4-6-9-14)20-18(23)13-21(2)12-17(22)19-15-10-11-15/h4-6,8-9,15-16H,3,7,10-13H2,1-2H3,(H,19,22)(H,20,23)/p+1/t16-/m0/s1. The fourth-order valence-electron chi connectivity index (χ4n) is 2.66. The van der Waals surface area contributed by atoms with Crippen molar-refractivity contribution in [3.05, 3.63) is 35.9 Å². The van der Waals surface area contributed by atoms with Crippen LogP contribution in [0.15, 0.2) is 30.3 Å². The summed E-state index contributed by atoms with van der Waals surface area (Å²) in [5, 5.41) is 6.05. The van der Waals surface area contributed by atoms with E-state index in [1.807, 2.05) is 37.4 Å². The summed E-state index contributed by atoms with van der Waals surface area (Å²) in [5.74, 6) is 0.0231. The highest BCUT2D eigenvalue weighted by molar-refractivity contribution is 5.79. The van der Waals surface area contributed by atoms with Gasteiger partial charge in [-0.25, -0.2) is 0 Å². The molecule has 1 unspecified atom stereocenters. The zero-order valence-electron chi connectivity index (χ0n) is 14.1. The summed E-state index contributed by atoms with van der Waals surface area (Å²) in [4.78, 5) is 24.9. The van der Waals surface area contributed by atoms with Crippen LogP contribution in [0.1, 0.15) is 44.2 Å². The van der Waals surface area contributed by atoms with E-state index in [1.54, 1.807) is 0 Å². The van der Waals surface area contributed by atoms with E-state index < -0.39 is 0 Å². The summed E-state index contributed by atoms with van der Waals surface area (Å²) in [6.07, 6.45) is 4.09. The van der Waals surface area contributed by atoms with Crippen molar-refractivity contribution in [2.24, 2.45) is 0 Å². The van der Waals surface area contributed by atoms with Gasteiger partial charge < -0.3 is 15.5 Å². The molecule has 0 aliphatic heterocycles. The SMILES string of the molecule is CCC[C@H](NC(=O)C[NH+](C)CC(=O)NC1CC1)c1ccccc1. The molecule has 1 aromatic rings. The third-order valence-corrected chi connectivity index (χ3v) is 3.98. The third kappa shape index (κ3) is 6.40. The van der Waals surface area contributed by atoms with Crippen molar-refractivity contribution in [2.45, 2.75) is 44.7 Å². The highest BCUT2D eigenvalue weighted by atomic mass is 16.2. The first-order valence-corrected chi connectivity index (χ1v) is 8.53. The number of hydrogen-bond donors (Lipinski definition) is 3. The van der Waals surface area contributed by atoms with E-state index in [0.717, 1.165) is 36.1 Å². The van der Waals surface area contributed by atoms with E-state index in [-0.39, 0.29) is 17.9 Å². The predicted molar refractivity (Wildman–Crippen MR) is 90.0 cm³/mol. The third-order valence-electron chi connectivity index (χ3n) is 3.98. The summed E-state index contributed by atoms with van der Waals surface area (Å²) in [6.45, 7) is 2.76. The number of nitrogens with one attached hydrogen (secondary N) is 3. The topological polar surface area (TPSA) is 62.6 Å². The number of benzene rings is 1. The molecule has 1 aromatic carbocycles. The Morgan fingerprint density at radius 1 is 1.17 bits per heavy atom. The van der Waals surface area contributed by atoms with E-state index in [2.05, 4.69) is 17.6 Å². The van der Waals surface area contributed by atoms with Gasteiger partial charge >= 0.3 is 0 Å². The molecule has 1 aliphatic carbocycles. The van der Waals surface area contributed by atoms with Gasteiger partial charge in [0.25, 0.3) is 11.8 Å². The molecule has 0 spiro atoms. The minimum atomic E-state index is -0.0102. The van der Waals surface area contributed by atoms with Crippen molar-refractivity contribution in [2.75, 3.05) is 20.1 Å². The molecule has 1 saturated carbocycles. The maximum Gasteiger partial charge on any atom is 0.275 e.